The first kappa shape index (κ1) is 13.3. The number of nitrogens with zero attached hydrogens (tertiary/aromatic N) is 1. The number of aromatic nitrogens is 1. The second kappa shape index (κ2) is 5.37. The number of benzene rings is 2. The van der Waals surface area contributed by atoms with Crippen molar-refractivity contribution in [1.29, 1.82) is 0 Å². The van der Waals surface area contributed by atoms with Crippen LogP contribution in [0.4, 0.5) is 0 Å². The third-order valence-corrected chi connectivity index (χ3v) is 3.58. The molecule has 3 nitrogen and oxygen atoms in total. The maximum absolute atomic E-state index is 11.1. The van der Waals surface area contributed by atoms with Crippen LogP contribution < -0.4 is 4.74 Å². The summed E-state index contributed by atoms with van der Waals surface area (Å²) < 4.78 is 5.17. The largest absolute Gasteiger partial charge is 0.496 e. The molecule has 3 rings (SSSR count). The van der Waals surface area contributed by atoms with Gasteiger partial charge in [0.05, 0.1) is 23.9 Å². The molecule has 0 atom stereocenters. The summed E-state index contributed by atoms with van der Waals surface area (Å²) in [4.78, 5) is 15.8. The van der Waals surface area contributed by atoms with Crippen molar-refractivity contribution in [3.05, 3.63) is 59.7 Å². The van der Waals surface area contributed by atoms with E-state index in [9.17, 15) is 4.79 Å². The standard InChI is InChI=1S/C18H15NO2/c1-12-9-17(19-16-6-4-3-5-15(12)16)13-7-8-18(21-2)14(10-13)11-20/h3-11H,1-2H3. The Hall–Kier alpha value is -2.68. The molecular formula is C18H15NO2. The molecule has 1 heterocycles. The van der Waals surface area contributed by atoms with Crippen molar-refractivity contribution >= 4 is 17.2 Å². The lowest BCUT2D eigenvalue weighted by atomic mass is 10.0. The van der Waals surface area contributed by atoms with Gasteiger partial charge in [0.1, 0.15) is 5.75 Å². The van der Waals surface area contributed by atoms with Gasteiger partial charge < -0.3 is 4.74 Å². The summed E-state index contributed by atoms with van der Waals surface area (Å²) in [5.74, 6) is 0.575. The van der Waals surface area contributed by atoms with Crippen LogP contribution in [0.3, 0.4) is 0 Å². The van der Waals surface area contributed by atoms with E-state index in [4.69, 9.17) is 4.74 Å². The number of para-hydroxylation sites is 1. The molecule has 104 valence electrons. The van der Waals surface area contributed by atoms with E-state index in [1.165, 1.54) is 5.56 Å². The lowest BCUT2D eigenvalue weighted by Crippen LogP contribution is -1.93. The lowest BCUT2D eigenvalue weighted by Gasteiger charge is -2.09. The molecular weight excluding hydrogens is 262 g/mol. The van der Waals surface area contributed by atoms with Gasteiger partial charge in [0.15, 0.2) is 6.29 Å². The van der Waals surface area contributed by atoms with E-state index in [1.807, 2.05) is 36.4 Å². The fourth-order valence-corrected chi connectivity index (χ4v) is 2.48. The van der Waals surface area contributed by atoms with Gasteiger partial charge in [-0.05, 0) is 42.8 Å². The lowest BCUT2D eigenvalue weighted by molar-refractivity contribution is 0.112. The minimum absolute atomic E-state index is 0.530. The van der Waals surface area contributed by atoms with Crippen LogP contribution in [0.15, 0.2) is 48.5 Å². The third kappa shape index (κ3) is 2.38. The molecule has 3 heteroatoms. The van der Waals surface area contributed by atoms with Crippen LogP contribution in [-0.2, 0) is 0 Å². The van der Waals surface area contributed by atoms with Crippen LogP contribution in [0.1, 0.15) is 15.9 Å². The molecule has 0 radical (unpaired) electrons. The highest BCUT2D eigenvalue weighted by Gasteiger charge is 2.08. The number of aldehydes is 1. The summed E-state index contributed by atoms with van der Waals surface area (Å²) in [7, 11) is 1.56. The molecule has 0 saturated heterocycles. The van der Waals surface area contributed by atoms with Crippen LogP contribution >= 0.6 is 0 Å². The highest BCUT2D eigenvalue weighted by Crippen LogP contribution is 2.27. The minimum Gasteiger partial charge on any atom is -0.496 e. The average Bonchev–Trinajstić information content (AvgIpc) is 2.54. The van der Waals surface area contributed by atoms with Crippen LogP contribution in [0.2, 0.25) is 0 Å². The van der Waals surface area contributed by atoms with Gasteiger partial charge in [-0.3, -0.25) is 4.79 Å². The number of carbonyl (C=O) groups is 1. The zero-order valence-electron chi connectivity index (χ0n) is 12.0. The summed E-state index contributed by atoms with van der Waals surface area (Å²) in [5, 5.41) is 1.14. The maximum Gasteiger partial charge on any atom is 0.153 e. The first-order valence-corrected chi connectivity index (χ1v) is 6.73. The predicted octanol–water partition coefficient (Wildman–Crippen LogP) is 4.03. The topological polar surface area (TPSA) is 39.2 Å². The number of hydrogen-bond acceptors (Lipinski definition) is 3. The Balaban J connectivity index is 2.18. The maximum atomic E-state index is 11.1. The molecule has 21 heavy (non-hydrogen) atoms. The fraction of sp³-hybridized carbons (Fsp3) is 0.111. The molecule has 0 fully saturated rings. The Morgan fingerprint density at radius 3 is 2.67 bits per heavy atom. The summed E-state index contributed by atoms with van der Waals surface area (Å²) >= 11 is 0. The second-order valence-corrected chi connectivity index (χ2v) is 4.92. The number of methoxy groups -OCH3 is 1. The van der Waals surface area contributed by atoms with Crippen molar-refractivity contribution in [3.8, 4) is 17.0 Å². The molecule has 0 saturated carbocycles. The Morgan fingerprint density at radius 2 is 1.90 bits per heavy atom. The van der Waals surface area contributed by atoms with Crippen molar-refractivity contribution in [2.45, 2.75) is 6.92 Å². The summed E-state index contributed by atoms with van der Waals surface area (Å²) in [6, 6.07) is 15.6. The van der Waals surface area contributed by atoms with Crippen molar-refractivity contribution < 1.29 is 9.53 Å². The Morgan fingerprint density at radius 1 is 1.10 bits per heavy atom. The van der Waals surface area contributed by atoms with E-state index >= 15 is 0 Å². The molecule has 0 aliphatic heterocycles. The Kier molecular flexibility index (Phi) is 3.40. The SMILES string of the molecule is COc1ccc(-c2cc(C)c3ccccc3n2)cc1C=O. The molecule has 0 amide bonds. The third-order valence-electron chi connectivity index (χ3n) is 3.58. The number of aryl methyl sites for hydroxylation is 1. The quantitative estimate of drug-likeness (QED) is 0.678. The minimum atomic E-state index is 0.530. The van der Waals surface area contributed by atoms with Crippen LogP contribution in [0.25, 0.3) is 22.2 Å². The van der Waals surface area contributed by atoms with Gasteiger partial charge in [-0.1, -0.05) is 18.2 Å². The first-order valence-electron chi connectivity index (χ1n) is 6.73. The molecule has 0 aliphatic carbocycles. The molecule has 0 unspecified atom stereocenters. The van der Waals surface area contributed by atoms with Gasteiger partial charge in [0.2, 0.25) is 0 Å². The highest BCUT2D eigenvalue weighted by molar-refractivity contribution is 5.86. The van der Waals surface area contributed by atoms with Crippen molar-refractivity contribution in [1.82, 2.24) is 4.98 Å². The normalized spacial score (nSPS) is 10.6. The molecule has 0 spiro atoms. The molecule has 1 aromatic heterocycles. The van der Waals surface area contributed by atoms with E-state index < -0.39 is 0 Å². The number of rotatable bonds is 3. The van der Waals surface area contributed by atoms with E-state index in [0.717, 1.165) is 28.4 Å². The molecule has 0 aliphatic rings. The van der Waals surface area contributed by atoms with Crippen LogP contribution in [0.5, 0.6) is 5.75 Å². The summed E-state index contributed by atoms with van der Waals surface area (Å²) in [5.41, 5.74) is 4.42. The zero-order valence-corrected chi connectivity index (χ0v) is 12.0. The van der Waals surface area contributed by atoms with E-state index in [1.54, 1.807) is 13.2 Å². The number of pyridine rings is 1. The van der Waals surface area contributed by atoms with Crippen LogP contribution in [0, 0.1) is 6.92 Å². The zero-order chi connectivity index (χ0) is 14.8. The van der Waals surface area contributed by atoms with E-state index in [2.05, 4.69) is 18.0 Å². The summed E-state index contributed by atoms with van der Waals surface area (Å²) in [6.07, 6.45) is 0.802. The van der Waals surface area contributed by atoms with Gasteiger partial charge >= 0.3 is 0 Å². The number of carbonyl (C=O) groups excluding carboxylic acids is 1. The first-order chi connectivity index (χ1) is 10.2. The van der Waals surface area contributed by atoms with Crippen molar-refractivity contribution in [2.75, 3.05) is 7.11 Å². The van der Waals surface area contributed by atoms with E-state index in [0.29, 0.717) is 11.3 Å². The number of fused-ring (bicyclic) bond motifs is 1. The smallest absolute Gasteiger partial charge is 0.153 e. The number of ether oxygens (including phenoxy) is 1. The highest BCUT2D eigenvalue weighted by atomic mass is 16.5. The monoisotopic (exact) mass is 277 g/mol. The predicted molar refractivity (Wildman–Crippen MR) is 83.9 cm³/mol. The van der Waals surface area contributed by atoms with Gasteiger partial charge in [-0.25, -0.2) is 4.98 Å². The fourth-order valence-electron chi connectivity index (χ4n) is 2.48. The van der Waals surface area contributed by atoms with E-state index in [-0.39, 0.29) is 0 Å². The molecule has 0 bridgehead atoms. The van der Waals surface area contributed by atoms with Gasteiger partial charge in [0, 0.05) is 10.9 Å². The average molecular weight is 277 g/mol. The number of hydrogen-bond donors (Lipinski definition) is 0. The van der Waals surface area contributed by atoms with Crippen molar-refractivity contribution in [2.24, 2.45) is 0 Å². The van der Waals surface area contributed by atoms with Gasteiger partial charge in [-0.15, -0.1) is 0 Å². The Labute approximate surface area is 123 Å². The molecule has 0 N–H and O–H groups in total. The molecule has 3 aromatic rings. The molecule has 2 aromatic carbocycles. The second-order valence-electron chi connectivity index (χ2n) is 4.92. The summed E-state index contributed by atoms with van der Waals surface area (Å²) in [6.45, 7) is 2.07. The van der Waals surface area contributed by atoms with Crippen LogP contribution in [-0.4, -0.2) is 18.4 Å². The van der Waals surface area contributed by atoms with Crippen molar-refractivity contribution in [3.63, 3.8) is 0 Å². The Bertz CT molecular complexity index is 825. The van der Waals surface area contributed by atoms with Gasteiger partial charge in [0.25, 0.3) is 0 Å². The van der Waals surface area contributed by atoms with Gasteiger partial charge in [-0.2, -0.15) is 0 Å².